The summed E-state index contributed by atoms with van der Waals surface area (Å²) < 4.78 is 10.6. The highest BCUT2D eigenvalue weighted by molar-refractivity contribution is 5.95. The minimum absolute atomic E-state index is 0.0496. The molecule has 0 radical (unpaired) electrons. The molecule has 0 bridgehead atoms. The quantitative estimate of drug-likeness (QED) is 0.358. The molecule has 2 saturated carbocycles. The first-order valence-electron chi connectivity index (χ1n) is 14.6. The summed E-state index contributed by atoms with van der Waals surface area (Å²) in [6.45, 7) is 2.82. The van der Waals surface area contributed by atoms with E-state index < -0.39 is 0 Å². The highest BCUT2D eigenvalue weighted by Crippen LogP contribution is 2.39. The number of aryl methyl sites for hydroxylation is 1. The molecule has 1 aromatic heterocycles. The predicted molar refractivity (Wildman–Crippen MR) is 157 cm³/mol. The van der Waals surface area contributed by atoms with Crippen molar-refractivity contribution in [1.29, 1.82) is 0 Å². The van der Waals surface area contributed by atoms with Gasteiger partial charge in [0.2, 0.25) is 11.8 Å². The van der Waals surface area contributed by atoms with Gasteiger partial charge in [-0.3, -0.25) is 4.79 Å². The van der Waals surface area contributed by atoms with Crippen LogP contribution in [0.1, 0.15) is 68.4 Å². The van der Waals surface area contributed by atoms with E-state index >= 15 is 0 Å². The fourth-order valence-corrected chi connectivity index (χ4v) is 6.36. The lowest BCUT2D eigenvalue weighted by molar-refractivity contribution is -0.124. The third-order valence-electron chi connectivity index (χ3n) is 8.78. The van der Waals surface area contributed by atoms with Gasteiger partial charge in [-0.1, -0.05) is 24.3 Å². The van der Waals surface area contributed by atoms with Crippen LogP contribution in [0.3, 0.4) is 0 Å². The summed E-state index contributed by atoms with van der Waals surface area (Å²) in [7, 11) is 3.29. The Kier molecular flexibility index (Phi) is 9.00. The summed E-state index contributed by atoms with van der Waals surface area (Å²) in [6, 6.07) is 14.6. The van der Waals surface area contributed by atoms with Crippen molar-refractivity contribution in [2.75, 3.05) is 25.7 Å². The van der Waals surface area contributed by atoms with Crippen molar-refractivity contribution in [3.05, 3.63) is 66.0 Å². The summed E-state index contributed by atoms with van der Waals surface area (Å²) in [4.78, 5) is 24.8. The van der Waals surface area contributed by atoms with Gasteiger partial charge in [0, 0.05) is 23.7 Å². The fourth-order valence-electron chi connectivity index (χ4n) is 6.36. The van der Waals surface area contributed by atoms with Gasteiger partial charge in [0.25, 0.3) is 0 Å². The number of amides is 1. The Morgan fingerprint density at radius 2 is 1.70 bits per heavy atom. The molecule has 0 atom stereocenters. The lowest BCUT2D eigenvalue weighted by Crippen LogP contribution is -2.41. The number of rotatable bonds is 8. The van der Waals surface area contributed by atoms with Crippen LogP contribution in [0.15, 0.2) is 54.9 Å². The Morgan fingerprint density at radius 3 is 2.35 bits per heavy atom. The molecule has 5 rings (SSSR count). The second-order valence-corrected chi connectivity index (χ2v) is 11.4. The van der Waals surface area contributed by atoms with Crippen molar-refractivity contribution in [2.45, 2.75) is 70.3 Å². The van der Waals surface area contributed by atoms with Crippen molar-refractivity contribution in [2.24, 2.45) is 11.8 Å². The normalized spacial score (nSPS) is 22.9. The molecule has 212 valence electrons. The molecule has 7 heteroatoms. The SMILES string of the molecule is COc1cnc(-c2cccc(N(C[C@H]3CC[C@H](c4ccc(OC)c(C)c4)CC3)C(=O)[C@H]3CC[C@H](O)CC3)c2)cn1. The smallest absolute Gasteiger partial charge is 0.232 e. The molecule has 0 unspecified atom stereocenters. The van der Waals surface area contributed by atoms with Crippen LogP contribution in [0.2, 0.25) is 0 Å². The number of ether oxygens (including phenoxy) is 2. The van der Waals surface area contributed by atoms with Gasteiger partial charge in [0.1, 0.15) is 5.75 Å². The van der Waals surface area contributed by atoms with Crippen molar-refractivity contribution in [3.8, 4) is 22.9 Å². The maximum absolute atomic E-state index is 14.0. The molecule has 2 aliphatic rings. The van der Waals surface area contributed by atoms with Crippen molar-refractivity contribution < 1.29 is 19.4 Å². The maximum atomic E-state index is 14.0. The van der Waals surface area contributed by atoms with Crippen LogP contribution in [0.4, 0.5) is 5.69 Å². The molecular weight excluding hydrogens is 502 g/mol. The van der Waals surface area contributed by atoms with E-state index in [4.69, 9.17) is 9.47 Å². The molecule has 0 saturated heterocycles. The van der Waals surface area contributed by atoms with Crippen molar-refractivity contribution >= 4 is 11.6 Å². The van der Waals surface area contributed by atoms with Crippen LogP contribution in [0, 0.1) is 18.8 Å². The van der Waals surface area contributed by atoms with E-state index in [1.807, 2.05) is 23.1 Å². The zero-order valence-corrected chi connectivity index (χ0v) is 23.9. The lowest BCUT2D eigenvalue weighted by Gasteiger charge is -2.36. The van der Waals surface area contributed by atoms with Gasteiger partial charge in [-0.15, -0.1) is 0 Å². The Labute approximate surface area is 237 Å². The average Bonchev–Trinajstić information content (AvgIpc) is 3.00. The number of anilines is 1. The van der Waals surface area contributed by atoms with E-state index in [0.717, 1.165) is 61.2 Å². The van der Waals surface area contributed by atoms with Crippen LogP contribution in [-0.2, 0) is 4.79 Å². The summed E-state index contributed by atoms with van der Waals surface area (Å²) in [5.41, 5.74) is 5.13. The van der Waals surface area contributed by atoms with Crippen LogP contribution >= 0.6 is 0 Å². The second-order valence-electron chi connectivity index (χ2n) is 11.4. The van der Waals surface area contributed by atoms with E-state index in [2.05, 4.69) is 41.2 Å². The van der Waals surface area contributed by atoms with Crippen LogP contribution in [0.5, 0.6) is 11.6 Å². The number of aliphatic hydroxyl groups excluding tert-OH is 1. The van der Waals surface area contributed by atoms with Gasteiger partial charge in [-0.25, -0.2) is 9.97 Å². The van der Waals surface area contributed by atoms with Gasteiger partial charge < -0.3 is 19.5 Å². The first-order valence-corrected chi connectivity index (χ1v) is 14.6. The number of aliphatic hydroxyl groups is 1. The van der Waals surface area contributed by atoms with Crippen LogP contribution in [0.25, 0.3) is 11.3 Å². The minimum Gasteiger partial charge on any atom is -0.496 e. The number of benzene rings is 2. The molecule has 0 aliphatic heterocycles. The Bertz CT molecular complexity index is 1280. The third-order valence-corrected chi connectivity index (χ3v) is 8.78. The molecule has 1 N–H and O–H groups in total. The van der Waals surface area contributed by atoms with Crippen LogP contribution in [-0.4, -0.2) is 47.8 Å². The predicted octanol–water partition coefficient (Wildman–Crippen LogP) is 6.33. The number of nitrogens with zero attached hydrogens (tertiary/aromatic N) is 3. The topological polar surface area (TPSA) is 84.8 Å². The summed E-state index contributed by atoms with van der Waals surface area (Å²) >= 11 is 0. The number of carbonyl (C=O) groups is 1. The van der Waals surface area contributed by atoms with Gasteiger partial charge in [-0.2, -0.15) is 0 Å². The number of carbonyl (C=O) groups excluding carboxylic acids is 1. The molecule has 7 nitrogen and oxygen atoms in total. The lowest BCUT2D eigenvalue weighted by atomic mass is 9.78. The zero-order valence-electron chi connectivity index (χ0n) is 23.9. The molecular formula is C33H41N3O4. The molecule has 2 aromatic carbocycles. The summed E-state index contributed by atoms with van der Waals surface area (Å²) in [6.07, 6.45) is 10.3. The third kappa shape index (κ3) is 6.47. The summed E-state index contributed by atoms with van der Waals surface area (Å²) in [5.74, 6) is 2.52. The fraction of sp³-hybridized carbons (Fsp3) is 0.485. The number of aromatic nitrogens is 2. The van der Waals surface area contributed by atoms with E-state index in [0.29, 0.717) is 37.1 Å². The van der Waals surface area contributed by atoms with Crippen molar-refractivity contribution in [3.63, 3.8) is 0 Å². The highest BCUT2D eigenvalue weighted by Gasteiger charge is 2.32. The largest absolute Gasteiger partial charge is 0.496 e. The Balaban J connectivity index is 1.33. The summed E-state index contributed by atoms with van der Waals surface area (Å²) in [5, 5.41) is 10.0. The van der Waals surface area contributed by atoms with E-state index in [1.165, 1.54) is 11.1 Å². The number of hydrogen-bond donors (Lipinski definition) is 1. The van der Waals surface area contributed by atoms with Gasteiger partial charge in [0.05, 0.1) is 38.4 Å². The van der Waals surface area contributed by atoms with Crippen LogP contribution < -0.4 is 14.4 Å². The molecule has 0 spiro atoms. The van der Waals surface area contributed by atoms with E-state index in [-0.39, 0.29) is 17.9 Å². The Morgan fingerprint density at radius 1 is 0.925 bits per heavy atom. The molecule has 1 amide bonds. The second kappa shape index (κ2) is 12.8. The molecule has 3 aromatic rings. The van der Waals surface area contributed by atoms with Gasteiger partial charge in [-0.05, 0) is 99.5 Å². The first-order chi connectivity index (χ1) is 19.4. The maximum Gasteiger partial charge on any atom is 0.232 e. The van der Waals surface area contributed by atoms with Gasteiger partial charge >= 0.3 is 0 Å². The van der Waals surface area contributed by atoms with Crippen molar-refractivity contribution in [1.82, 2.24) is 9.97 Å². The zero-order chi connectivity index (χ0) is 28.1. The number of hydrogen-bond acceptors (Lipinski definition) is 6. The molecule has 40 heavy (non-hydrogen) atoms. The molecule has 2 aliphatic carbocycles. The first kappa shape index (κ1) is 28.1. The number of methoxy groups -OCH3 is 2. The molecule has 1 heterocycles. The average molecular weight is 544 g/mol. The standard InChI is InChI=1S/C33H41N3O4/c1-22-17-26(13-16-31(22)39-2)24-9-7-23(8-10-24)21-36(33(38)25-11-14-29(37)15-12-25)28-6-4-5-27(18-28)30-19-35-32(40-3)20-34-30/h4-6,13,16-20,23-25,29,37H,7-12,14-15,21H2,1-3H3/t23-,24-,25-,29-. The molecule has 2 fully saturated rings. The monoisotopic (exact) mass is 543 g/mol. The highest BCUT2D eigenvalue weighted by atomic mass is 16.5. The Hall–Kier alpha value is -3.45. The van der Waals surface area contributed by atoms with E-state index in [9.17, 15) is 9.90 Å². The minimum atomic E-state index is -0.286. The van der Waals surface area contributed by atoms with Gasteiger partial charge in [0.15, 0.2) is 0 Å². The van der Waals surface area contributed by atoms with E-state index in [1.54, 1.807) is 26.6 Å².